The van der Waals surface area contributed by atoms with E-state index < -0.39 is 0 Å². The molecule has 0 amide bonds. The second kappa shape index (κ2) is 4.25. The monoisotopic (exact) mass is 245 g/mol. The number of anilines is 2. The van der Waals surface area contributed by atoms with Gasteiger partial charge in [-0.05, 0) is 17.7 Å². The maximum Gasteiger partial charge on any atom is 0.263 e. The largest absolute Gasteiger partial charge is 0.341 e. The van der Waals surface area contributed by atoms with Crippen LogP contribution in [0.2, 0.25) is 0 Å². The van der Waals surface area contributed by atoms with E-state index in [-0.39, 0.29) is 0 Å². The van der Waals surface area contributed by atoms with Crippen LogP contribution in [0, 0.1) is 0 Å². The molecule has 1 aliphatic rings. The average Bonchev–Trinajstić information content (AvgIpc) is 2.81. The first-order valence-electron chi connectivity index (χ1n) is 5.61. The number of rotatable bonds is 2. The fourth-order valence-corrected chi connectivity index (χ4v) is 2.32. The van der Waals surface area contributed by atoms with E-state index in [0.717, 1.165) is 31.0 Å². The van der Waals surface area contributed by atoms with Gasteiger partial charge in [-0.25, -0.2) is 0 Å². The molecule has 2 aromatic rings. The molecule has 0 saturated heterocycles. The van der Waals surface area contributed by atoms with Crippen molar-refractivity contribution in [2.75, 3.05) is 11.9 Å². The number of nitrogens with one attached hydrogen (secondary N) is 2. The van der Waals surface area contributed by atoms with Crippen LogP contribution in [0.25, 0.3) is 0 Å². The molecular weight excluding hydrogens is 232 g/mol. The zero-order valence-electron chi connectivity index (χ0n) is 9.31. The smallest absolute Gasteiger partial charge is 0.263 e. The van der Waals surface area contributed by atoms with E-state index in [1.165, 1.54) is 11.1 Å². The molecule has 17 heavy (non-hydrogen) atoms. The van der Waals surface area contributed by atoms with Crippen LogP contribution in [0.1, 0.15) is 11.1 Å². The lowest BCUT2D eigenvalue weighted by Crippen LogP contribution is -2.19. The summed E-state index contributed by atoms with van der Waals surface area (Å²) in [4.78, 5) is 0. The Balaban J connectivity index is 1.87. The number of hydrogen-bond donors (Lipinski definition) is 2. The molecule has 1 aromatic carbocycles. The number of aromatic nitrogens is 2. The predicted molar refractivity (Wildman–Crippen MR) is 68.2 cm³/mol. The minimum absolute atomic E-state index is 0.850. The highest BCUT2D eigenvalue weighted by Gasteiger charge is 2.17. The summed E-state index contributed by atoms with van der Waals surface area (Å²) in [5.41, 5.74) is 3.79. The Hall–Kier alpha value is -1.75. The quantitative estimate of drug-likeness (QED) is 0.795. The second-order valence-electron chi connectivity index (χ2n) is 4.19. The lowest BCUT2D eigenvalue weighted by Gasteiger charge is -2.14. The van der Waals surface area contributed by atoms with Crippen molar-refractivity contribution in [2.45, 2.75) is 13.0 Å². The van der Waals surface area contributed by atoms with E-state index in [1.807, 2.05) is 10.0 Å². The summed E-state index contributed by atoms with van der Waals surface area (Å²) in [7, 11) is 0. The van der Waals surface area contributed by atoms with Crippen LogP contribution in [-0.4, -0.2) is 20.7 Å². The molecule has 0 radical (unpaired) electrons. The zero-order chi connectivity index (χ0) is 11.7. The Kier molecular flexibility index (Phi) is 2.60. The predicted octanol–water partition coefficient (Wildman–Crippen LogP) is 1.95. The van der Waals surface area contributed by atoms with Crippen molar-refractivity contribution in [3.63, 3.8) is 0 Å². The van der Waals surface area contributed by atoms with E-state index in [2.05, 4.69) is 33.7 Å². The van der Waals surface area contributed by atoms with Crippen LogP contribution < -0.4 is 5.32 Å². The summed E-state index contributed by atoms with van der Waals surface area (Å²) < 4.78 is 1.93. The molecule has 2 heterocycles. The SMILES string of the molecule is S=[N+]1CCc2ccc(Nc3ccn[nH]3)cc2C1. The molecule has 2 N–H and O–H groups in total. The molecule has 1 aliphatic heterocycles. The minimum Gasteiger partial charge on any atom is -0.341 e. The highest BCUT2D eigenvalue weighted by Crippen LogP contribution is 2.22. The summed E-state index contributed by atoms with van der Waals surface area (Å²) in [6.07, 6.45) is 2.77. The van der Waals surface area contributed by atoms with Crippen LogP contribution in [0.3, 0.4) is 0 Å². The normalized spacial score (nSPS) is 14.5. The van der Waals surface area contributed by atoms with Crippen molar-refractivity contribution in [3.8, 4) is 0 Å². The molecule has 3 rings (SSSR count). The van der Waals surface area contributed by atoms with E-state index in [1.54, 1.807) is 6.20 Å². The highest BCUT2D eigenvalue weighted by molar-refractivity contribution is 7.44. The van der Waals surface area contributed by atoms with E-state index in [9.17, 15) is 0 Å². The maximum absolute atomic E-state index is 5.22. The molecule has 0 bridgehead atoms. The summed E-state index contributed by atoms with van der Waals surface area (Å²) in [5, 5.41) is 10.1. The number of benzene rings is 1. The number of fused-ring (bicyclic) bond motifs is 1. The molecule has 0 spiro atoms. The van der Waals surface area contributed by atoms with Crippen molar-refractivity contribution in [3.05, 3.63) is 41.6 Å². The van der Waals surface area contributed by atoms with Gasteiger partial charge in [0.15, 0.2) is 13.1 Å². The summed E-state index contributed by atoms with van der Waals surface area (Å²) in [6, 6.07) is 8.34. The van der Waals surface area contributed by atoms with Gasteiger partial charge in [0, 0.05) is 23.7 Å². The van der Waals surface area contributed by atoms with Crippen LogP contribution in [0.15, 0.2) is 30.5 Å². The van der Waals surface area contributed by atoms with Crippen LogP contribution in [0.5, 0.6) is 0 Å². The summed E-state index contributed by atoms with van der Waals surface area (Å²) in [6.45, 7) is 1.82. The molecule has 1 aromatic heterocycles. The molecule has 0 aliphatic carbocycles. The van der Waals surface area contributed by atoms with Gasteiger partial charge >= 0.3 is 0 Å². The third-order valence-electron chi connectivity index (χ3n) is 2.96. The first kappa shape index (κ1) is 10.4. The third-order valence-corrected chi connectivity index (χ3v) is 3.27. The Bertz CT molecular complexity index is 548. The molecule has 4 nitrogen and oxygen atoms in total. The topological polar surface area (TPSA) is 43.7 Å². The van der Waals surface area contributed by atoms with Crippen LogP contribution in [0.4, 0.5) is 11.5 Å². The fourth-order valence-electron chi connectivity index (χ4n) is 2.09. The molecule has 0 unspecified atom stereocenters. The van der Waals surface area contributed by atoms with Crippen molar-refractivity contribution < 1.29 is 3.95 Å². The highest BCUT2D eigenvalue weighted by atomic mass is 32.1. The molecule has 5 heteroatoms. The molecule has 0 atom stereocenters. The lowest BCUT2D eigenvalue weighted by molar-refractivity contribution is -0.518. The summed E-state index contributed by atoms with van der Waals surface area (Å²) >= 11 is 5.22. The number of nitrogens with zero attached hydrogens (tertiary/aromatic N) is 2. The van der Waals surface area contributed by atoms with Gasteiger partial charge in [0.05, 0.1) is 6.20 Å². The lowest BCUT2D eigenvalue weighted by atomic mass is 10.0. The van der Waals surface area contributed by atoms with Gasteiger partial charge in [-0.1, -0.05) is 6.07 Å². The van der Waals surface area contributed by atoms with E-state index in [4.69, 9.17) is 12.4 Å². The zero-order valence-corrected chi connectivity index (χ0v) is 10.1. The minimum atomic E-state index is 0.850. The standard InChI is InChI=1S/C12H13N4S/c17-16-6-4-9-1-2-11(7-10(9)8-16)14-12-3-5-13-15-12/h1-3,5,7H,4,6,8H2,(H2,13,14,15)/q+1. The molecule has 86 valence electrons. The Morgan fingerprint density at radius 3 is 3.06 bits per heavy atom. The number of hydrogen-bond acceptors (Lipinski definition) is 3. The van der Waals surface area contributed by atoms with Gasteiger partial charge in [-0.3, -0.25) is 5.10 Å². The van der Waals surface area contributed by atoms with Crippen molar-refractivity contribution in [2.24, 2.45) is 0 Å². The van der Waals surface area contributed by atoms with Gasteiger partial charge < -0.3 is 5.32 Å². The molecule has 0 fully saturated rings. The number of H-pyrrole nitrogens is 1. The average molecular weight is 245 g/mol. The fraction of sp³-hybridized carbons (Fsp3) is 0.250. The van der Waals surface area contributed by atoms with Gasteiger partial charge in [0.25, 0.3) is 12.4 Å². The van der Waals surface area contributed by atoms with E-state index in [0.29, 0.717) is 0 Å². The van der Waals surface area contributed by atoms with Gasteiger partial charge in [-0.15, -0.1) is 0 Å². The summed E-state index contributed by atoms with van der Waals surface area (Å²) in [5.74, 6) is 0.899. The first-order valence-corrected chi connectivity index (χ1v) is 5.98. The van der Waals surface area contributed by atoms with Crippen LogP contribution in [-0.2, 0) is 25.4 Å². The van der Waals surface area contributed by atoms with Gasteiger partial charge in [0.1, 0.15) is 5.82 Å². The van der Waals surface area contributed by atoms with Crippen LogP contribution >= 0.6 is 0 Å². The Labute approximate surface area is 105 Å². The maximum atomic E-state index is 5.22. The van der Waals surface area contributed by atoms with Gasteiger partial charge in [-0.2, -0.15) is 9.04 Å². The molecular formula is C12H13N4S+. The van der Waals surface area contributed by atoms with E-state index >= 15 is 0 Å². The Morgan fingerprint density at radius 2 is 2.24 bits per heavy atom. The molecule has 0 saturated carbocycles. The second-order valence-corrected chi connectivity index (χ2v) is 4.71. The van der Waals surface area contributed by atoms with Crippen molar-refractivity contribution >= 4 is 23.9 Å². The first-order chi connectivity index (χ1) is 8.31. The van der Waals surface area contributed by atoms with Crippen molar-refractivity contribution in [1.29, 1.82) is 0 Å². The van der Waals surface area contributed by atoms with Gasteiger partial charge in [0.2, 0.25) is 0 Å². The van der Waals surface area contributed by atoms with Crippen molar-refractivity contribution in [1.82, 2.24) is 10.2 Å². The number of aromatic amines is 1. The third kappa shape index (κ3) is 2.19. The Morgan fingerprint density at radius 1 is 1.29 bits per heavy atom.